The molecule has 12 heteroatoms. The van der Waals surface area contributed by atoms with Gasteiger partial charge in [0, 0.05) is 10.5 Å². The van der Waals surface area contributed by atoms with Gasteiger partial charge in [0.2, 0.25) is 5.75 Å². The maximum Gasteiger partial charge on any atom is 0.416 e. The van der Waals surface area contributed by atoms with E-state index in [-0.39, 0.29) is 22.9 Å². The van der Waals surface area contributed by atoms with E-state index >= 15 is 0 Å². The van der Waals surface area contributed by atoms with Gasteiger partial charge in [-0.25, -0.2) is 0 Å². The molecule has 7 nitrogen and oxygen atoms in total. The smallest absolute Gasteiger partial charge is 0.416 e. The summed E-state index contributed by atoms with van der Waals surface area (Å²) in [5, 5.41) is 10.9. The molecule has 0 unspecified atom stereocenters. The summed E-state index contributed by atoms with van der Waals surface area (Å²) in [7, 11) is 0. The van der Waals surface area contributed by atoms with Crippen LogP contribution >= 0.6 is 27.7 Å². The van der Waals surface area contributed by atoms with Gasteiger partial charge in [-0.15, -0.1) is 0 Å². The van der Waals surface area contributed by atoms with Gasteiger partial charge in [-0.2, -0.15) is 13.2 Å². The minimum Gasteiger partial charge on any atom is -0.450 e. The van der Waals surface area contributed by atoms with Crippen LogP contribution < -0.4 is 4.74 Å². The standard InChI is InChI=1S/C24H14BrF3N2O5S/c25-18-7-2-1-5-15(18)13-29-22(31)21(36-23(29)32)11-14-4-3-6-17(10-14)35-20-9-8-16(24(26,27)28)12-19(20)30(33)34/h1-12H,13H2/b21-11-. The molecule has 0 N–H and O–H groups in total. The molecular formula is C24H14BrF3N2O5S. The van der Waals surface area contributed by atoms with Gasteiger partial charge in [-0.1, -0.05) is 46.3 Å². The number of rotatable bonds is 6. The van der Waals surface area contributed by atoms with Gasteiger partial charge in [0.05, 0.1) is 21.9 Å². The second kappa shape index (κ2) is 10.2. The van der Waals surface area contributed by atoms with Crippen LogP contribution in [0, 0.1) is 10.1 Å². The average Bonchev–Trinajstić information content (AvgIpc) is 3.07. The highest BCUT2D eigenvalue weighted by Crippen LogP contribution is 2.39. The van der Waals surface area contributed by atoms with Crippen LogP contribution in [0.2, 0.25) is 0 Å². The van der Waals surface area contributed by atoms with Gasteiger partial charge in [0.25, 0.3) is 11.1 Å². The van der Waals surface area contributed by atoms with Crippen LogP contribution in [-0.4, -0.2) is 21.0 Å². The number of nitrogens with zero attached hydrogens (tertiary/aromatic N) is 2. The molecular weight excluding hydrogens is 565 g/mol. The molecule has 0 aromatic heterocycles. The van der Waals surface area contributed by atoms with Gasteiger partial charge in [0.15, 0.2) is 0 Å². The number of hydrogen-bond acceptors (Lipinski definition) is 6. The molecule has 0 aliphatic carbocycles. The van der Waals surface area contributed by atoms with Gasteiger partial charge in [-0.05, 0) is 59.3 Å². The number of thioether (sulfide) groups is 1. The number of carbonyl (C=O) groups excluding carboxylic acids is 2. The zero-order chi connectivity index (χ0) is 26.0. The molecule has 1 fully saturated rings. The lowest BCUT2D eigenvalue weighted by molar-refractivity contribution is -0.385. The largest absolute Gasteiger partial charge is 0.450 e. The monoisotopic (exact) mass is 578 g/mol. The summed E-state index contributed by atoms with van der Waals surface area (Å²) in [6.45, 7) is 0.0875. The number of alkyl halides is 3. The zero-order valence-electron chi connectivity index (χ0n) is 18.0. The highest BCUT2D eigenvalue weighted by atomic mass is 79.9. The third-order valence-corrected chi connectivity index (χ3v) is 6.71. The van der Waals surface area contributed by atoms with E-state index in [1.54, 1.807) is 30.3 Å². The first-order chi connectivity index (χ1) is 17.0. The van der Waals surface area contributed by atoms with Crippen LogP contribution in [0.25, 0.3) is 6.08 Å². The fraction of sp³-hybridized carbons (Fsp3) is 0.0833. The molecule has 4 rings (SSSR count). The van der Waals surface area contributed by atoms with Gasteiger partial charge >= 0.3 is 11.9 Å². The molecule has 2 amide bonds. The SMILES string of the molecule is O=C1S/C(=C\c2cccc(Oc3ccc(C(F)(F)F)cc3[N+](=O)[O-])c2)C(=O)N1Cc1ccccc1Br. The average molecular weight is 579 g/mol. The first-order valence-corrected chi connectivity index (χ1v) is 11.8. The van der Waals surface area contributed by atoms with Gasteiger partial charge in [-0.3, -0.25) is 24.6 Å². The van der Waals surface area contributed by atoms with Crippen LogP contribution in [0.1, 0.15) is 16.7 Å². The van der Waals surface area contributed by atoms with Gasteiger partial charge < -0.3 is 4.74 Å². The molecule has 0 saturated carbocycles. The van der Waals surface area contributed by atoms with Crippen LogP contribution in [-0.2, 0) is 17.5 Å². The quantitative estimate of drug-likeness (QED) is 0.172. The summed E-state index contributed by atoms with van der Waals surface area (Å²) in [6.07, 6.45) is -3.28. The van der Waals surface area contributed by atoms with Crippen molar-refractivity contribution in [2.45, 2.75) is 12.7 Å². The highest BCUT2D eigenvalue weighted by molar-refractivity contribution is 9.10. The molecule has 0 radical (unpaired) electrons. The van der Waals surface area contributed by atoms with Crippen LogP contribution in [0.3, 0.4) is 0 Å². The normalized spacial score (nSPS) is 15.0. The van der Waals surface area contributed by atoms with Crippen molar-refractivity contribution in [2.75, 3.05) is 0 Å². The topological polar surface area (TPSA) is 89.7 Å². The molecule has 1 aliphatic rings. The fourth-order valence-electron chi connectivity index (χ4n) is 3.30. The van der Waals surface area contributed by atoms with E-state index in [9.17, 15) is 32.9 Å². The number of carbonyl (C=O) groups is 2. The lowest BCUT2D eigenvalue weighted by atomic mass is 10.1. The number of hydrogen-bond donors (Lipinski definition) is 0. The Kier molecular flexibility index (Phi) is 7.18. The van der Waals surface area contributed by atoms with Crippen LogP contribution in [0.15, 0.2) is 76.1 Å². The first kappa shape index (κ1) is 25.5. The Hall–Kier alpha value is -3.64. The molecule has 36 heavy (non-hydrogen) atoms. The molecule has 3 aromatic rings. The second-order valence-electron chi connectivity index (χ2n) is 7.47. The molecule has 3 aromatic carbocycles. The Labute approximate surface area is 214 Å². The van der Waals surface area contributed by atoms with Crippen molar-refractivity contribution < 1.29 is 32.4 Å². The molecule has 184 valence electrons. The van der Waals surface area contributed by atoms with Crippen molar-refractivity contribution in [1.82, 2.24) is 4.90 Å². The first-order valence-electron chi connectivity index (χ1n) is 10.2. The van der Waals surface area contributed by atoms with E-state index in [0.29, 0.717) is 17.7 Å². The number of imide groups is 1. The number of nitro groups is 1. The van der Waals surface area contributed by atoms with Crippen molar-refractivity contribution in [3.05, 3.63) is 103 Å². The third-order valence-electron chi connectivity index (χ3n) is 5.03. The Morgan fingerprint density at radius 2 is 1.81 bits per heavy atom. The van der Waals surface area contributed by atoms with E-state index in [1.807, 2.05) is 6.07 Å². The van der Waals surface area contributed by atoms with Crippen LogP contribution in [0.4, 0.5) is 23.7 Å². The number of ether oxygens (including phenoxy) is 1. The summed E-state index contributed by atoms with van der Waals surface area (Å²) in [4.78, 5) is 36.9. The number of halogens is 4. The summed E-state index contributed by atoms with van der Waals surface area (Å²) >= 11 is 4.16. The maximum absolute atomic E-state index is 12.9. The van der Waals surface area contributed by atoms with E-state index in [2.05, 4.69) is 15.9 Å². The summed E-state index contributed by atoms with van der Waals surface area (Å²) in [5.74, 6) is -0.761. The minimum absolute atomic E-state index is 0.0875. The molecule has 0 spiro atoms. The Bertz CT molecular complexity index is 1410. The predicted molar refractivity (Wildman–Crippen MR) is 130 cm³/mol. The van der Waals surface area contributed by atoms with E-state index in [0.717, 1.165) is 32.8 Å². The van der Waals surface area contributed by atoms with Crippen LogP contribution in [0.5, 0.6) is 11.5 Å². The second-order valence-corrected chi connectivity index (χ2v) is 9.32. The van der Waals surface area contributed by atoms with Gasteiger partial charge in [0.1, 0.15) is 5.75 Å². The number of nitro benzene ring substituents is 1. The zero-order valence-corrected chi connectivity index (χ0v) is 20.4. The lowest BCUT2D eigenvalue weighted by Gasteiger charge is -2.13. The summed E-state index contributed by atoms with van der Waals surface area (Å²) in [6, 6.07) is 15.2. The molecule has 1 saturated heterocycles. The number of benzene rings is 3. The van der Waals surface area contributed by atoms with Crippen molar-refractivity contribution in [3.8, 4) is 11.5 Å². The van der Waals surface area contributed by atoms with Crippen molar-refractivity contribution in [2.24, 2.45) is 0 Å². The Balaban J connectivity index is 1.56. The van der Waals surface area contributed by atoms with Crippen molar-refractivity contribution >= 4 is 50.6 Å². The Morgan fingerprint density at radius 1 is 1.06 bits per heavy atom. The third kappa shape index (κ3) is 5.60. The van der Waals surface area contributed by atoms with Crippen molar-refractivity contribution in [3.63, 3.8) is 0 Å². The molecule has 0 atom stereocenters. The highest BCUT2D eigenvalue weighted by Gasteiger charge is 2.35. The van der Waals surface area contributed by atoms with Crippen molar-refractivity contribution in [1.29, 1.82) is 0 Å². The predicted octanol–water partition coefficient (Wildman–Crippen LogP) is 7.40. The van der Waals surface area contributed by atoms with E-state index in [4.69, 9.17) is 4.74 Å². The summed E-state index contributed by atoms with van der Waals surface area (Å²) < 4.78 is 45.1. The molecule has 1 aliphatic heterocycles. The van der Waals surface area contributed by atoms with E-state index < -0.39 is 33.5 Å². The van der Waals surface area contributed by atoms with E-state index in [1.165, 1.54) is 18.2 Å². The maximum atomic E-state index is 12.9. The fourth-order valence-corrected chi connectivity index (χ4v) is 4.55. The lowest BCUT2D eigenvalue weighted by Crippen LogP contribution is -2.27. The summed E-state index contributed by atoms with van der Waals surface area (Å²) in [5.41, 5.74) is -0.806. The number of amides is 2. The minimum atomic E-state index is -4.75. The molecule has 0 bridgehead atoms. The molecule has 1 heterocycles. The Morgan fingerprint density at radius 3 is 2.50 bits per heavy atom.